The monoisotopic (exact) mass is 263 g/mol. The van der Waals surface area contributed by atoms with E-state index in [-0.39, 0.29) is 11.3 Å². The number of aromatic nitrogens is 3. The maximum atomic E-state index is 5.78. The van der Waals surface area contributed by atoms with Crippen molar-refractivity contribution in [1.82, 2.24) is 15.0 Å². The Kier molecular flexibility index (Phi) is 5.55. The number of alkyl halides is 1. The van der Waals surface area contributed by atoms with Gasteiger partial charge in [0.05, 0.1) is 0 Å². The molecule has 0 radical (unpaired) electrons. The molecule has 0 spiro atoms. The average Bonchev–Trinajstić information content (AvgIpc) is 2.16. The lowest BCUT2D eigenvalue weighted by Gasteiger charge is -2.09. The van der Waals surface area contributed by atoms with E-state index in [1.807, 2.05) is 13.8 Å². The van der Waals surface area contributed by atoms with Gasteiger partial charge in [-0.25, -0.2) is 0 Å². The predicted molar refractivity (Wildman–Crippen MR) is 67.4 cm³/mol. The van der Waals surface area contributed by atoms with E-state index in [9.17, 15) is 0 Å². The lowest BCUT2D eigenvalue weighted by atomic mass is 10.4. The van der Waals surface area contributed by atoms with E-state index in [2.05, 4.69) is 25.6 Å². The van der Waals surface area contributed by atoms with Crippen molar-refractivity contribution >= 4 is 35.1 Å². The molecule has 0 fully saturated rings. The lowest BCUT2D eigenvalue weighted by Crippen LogP contribution is -2.15. The van der Waals surface area contributed by atoms with Gasteiger partial charge in [0.15, 0.2) is 0 Å². The molecular weight excluding hydrogens is 249 g/mol. The number of nitrogens with zero attached hydrogens (tertiary/aromatic N) is 3. The van der Waals surface area contributed by atoms with Crippen molar-refractivity contribution in [3.8, 4) is 0 Å². The number of nitrogens with one attached hydrogen (secondary N) is 2. The molecule has 0 aliphatic rings. The van der Waals surface area contributed by atoms with Crippen LogP contribution in [0.3, 0.4) is 0 Å². The highest BCUT2D eigenvalue weighted by atomic mass is 35.5. The minimum atomic E-state index is 0.173. The van der Waals surface area contributed by atoms with Crippen LogP contribution in [-0.4, -0.2) is 33.4 Å². The molecule has 1 aromatic rings. The second kappa shape index (κ2) is 6.70. The van der Waals surface area contributed by atoms with Crippen LogP contribution in [0.15, 0.2) is 0 Å². The third-order valence-electron chi connectivity index (χ3n) is 1.62. The normalized spacial score (nSPS) is 10.6. The second-order valence-electron chi connectivity index (χ2n) is 3.52. The molecule has 0 unspecified atom stereocenters. The fourth-order valence-corrected chi connectivity index (χ4v) is 1.31. The van der Waals surface area contributed by atoms with E-state index in [4.69, 9.17) is 23.2 Å². The van der Waals surface area contributed by atoms with Gasteiger partial charge in [0, 0.05) is 18.5 Å². The summed E-state index contributed by atoms with van der Waals surface area (Å²) in [5.74, 6) is 1.54. The van der Waals surface area contributed by atoms with Crippen molar-refractivity contribution in [3.05, 3.63) is 5.28 Å². The first-order chi connectivity index (χ1) is 7.61. The summed E-state index contributed by atoms with van der Waals surface area (Å²) in [7, 11) is 0. The Morgan fingerprint density at radius 3 is 2.50 bits per heavy atom. The van der Waals surface area contributed by atoms with Crippen molar-refractivity contribution in [2.45, 2.75) is 26.3 Å². The predicted octanol–water partition coefficient (Wildman–Crippen LogP) is 2.39. The zero-order valence-electron chi connectivity index (χ0n) is 9.30. The molecule has 16 heavy (non-hydrogen) atoms. The van der Waals surface area contributed by atoms with Crippen LogP contribution in [0.5, 0.6) is 0 Å². The third kappa shape index (κ3) is 4.81. The Labute approximate surface area is 105 Å². The topological polar surface area (TPSA) is 62.7 Å². The third-order valence-corrected chi connectivity index (χ3v) is 2.06. The summed E-state index contributed by atoms with van der Waals surface area (Å²) in [5.41, 5.74) is 0. The molecule has 90 valence electrons. The van der Waals surface area contributed by atoms with Crippen molar-refractivity contribution in [1.29, 1.82) is 0 Å². The minimum Gasteiger partial charge on any atom is -0.354 e. The molecule has 0 atom stereocenters. The number of halogens is 2. The molecule has 5 nitrogen and oxygen atoms in total. The molecule has 0 aliphatic heterocycles. The number of hydrogen-bond donors (Lipinski definition) is 2. The number of rotatable bonds is 6. The molecule has 2 N–H and O–H groups in total. The number of hydrogen-bond acceptors (Lipinski definition) is 5. The molecule has 0 saturated heterocycles. The van der Waals surface area contributed by atoms with Gasteiger partial charge in [-0.2, -0.15) is 15.0 Å². The first kappa shape index (κ1) is 13.3. The number of anilines is 2. The van der Waals surface area contributed by atoms with Gasteiger partial charge in [-0.1, -0.05) is 0 Å². The zero-order valence-corrected chi connectivity index (χ0v) is 10.8. The Hall–Kier alpha value is -0.810. The maximum Gasteiger partial charge on any atom is 0.228 e. The van der Waals surface area contributed by atoms with Gasteiger partial charge >= 0.3 is 0 Å². The molecule has 7 heteroatoms. The fraction of sp³-hybridized carbons (Fsp3) is 0.667. The van der Waals surface area contributed by atoms with Gasteiger partial charge < -0.3 is 10.6 Å². The maximum absolute atomic E-state index is 5.78. The van der Waals surface area contributed by atoms with Crippen LogP contribution in [0.1, 0.15) is 20.3 Å². The van der Waals surface area contributed by atoms with Crippen LogP contribution in [-0.2, 0) is 0 Å². The van der Waals surface area contributed by atoms with Crippen LogP contribution in [0.2, 0.25) is 5.28 Å². The van der Waals surface area contributed by atoms with E-state index >= 15 is 0 Å². The van der Waals surface area contributed by atoms with E-state index in [0.717, 1.165) is 6.42 Å². The quantitative estimate of drug-likeness (QED) is 0.610. The van der Waals surface area contributed by atoms with E-state index in [1.165, 1.54) is 0 Å². The molecular formula is C9H15Cl2N5. The smallest absolute Gasteiger partial charge is 0.228 e. The van der Waals surface area contributed by atoms with Crippen molar-refractivity contribution in [2.24, 2.45) is 0 Å². The molecule has 1 heterocycles. The average molecular weight is 264 g/mol. The first-order valence-electron chi connectivity index (χ1n) is 5.09. The van der Waals surface area contributed by atoms with Gasteiger partial charge in [-0.3, -0.25) is 0 Å². The molecule has 0 saturated carbocycles. The van der Waals surface area contributed by atoms with E-state index in [0.29, 0.717) is 24.3 Å². The van der Waals surface area contributed by atoms with Gasteiger partial charge in [0.2, 0.25) is 17.2 Å². The summed E-state index contributed by atoms with van der Waals surface area (Å²) in [4.78, 5) is 12.1. The Morgan fingerprint density at radius 2 is 1.88 bits per heavy atom. The highest BCUT2D eigenvalue weighted by Crippen LogP contribution is 2.10. The summed E-state index contributed by atoms with van der Waals surface area (Å²) in [5, 5.41) is 6.27. The van der Waals surface area contributed by atoms with Crippen LogP contribution >= 0.6 is 23.2 Å². The van der Waals surface area contributed by atoms with Crippen molar-refractivity contribution < 1.29 is 0 Å². The SMILES string of the molecule is CC(C)Nc1nc(Cl)nc(NCCCCl)n1. The Bertz CT molecular complexity index is 332. The zero-order chi connectivity index (χ0) is 12.0. The molecule has 0 aromatic carbocycles. The van der Waals surface area contributed by atoms with Crippen LogP contribution in [0, 0.1) is 0 Å². The highest BCUT2D eigenvalue weighted by molar-refractivity contribution is 6.28. The second-order valence-corrected chi connectivity index (χ2v) is 4.24. The Balaban J connectivity index is 2.65. The fourth-order valence-electron chi connectivity index (χ4n) is 1.02. The summed E-state index contributed by atoms with van der Waals surface area (Å²) in [6, 6.07) is 0.245. The summed E-state index contributed by atoms with van der Waals surface area (Å²) in [6.45, 7) is 4.71. The molecule has 0 amide bonds. The Morgan fingerprint density at radius 1 is 1.19 bits per heavy atom. The summed E-state index contributed by atoms with van der Waals surface area (Å²) >= 11 is 11.3. The van der Waals surface area contributed by atoms with Gasteiger partial charge in [0.25, 0.3) is 0 Å². The van der Waals surface area contributed by atoms with Crippen LogP contribution in [0.4, 0.5) is 11.9 Å². The minimum absolute atomic E-state index is 0.173. The van der Waals surface area contributed by atoms with Crippen LogP contribution < -0.4 is 10.6 Å². The lowest BCUT2D eigenvalue weighted by molar-refractivity contribution is 0.863. The molecule has 0 aliphatic carbocycles. The molecule has 1 aromatic heterocycles. The standard InChI is InChI=1S/C9H15Cl2N5/c1-6(2)13-9-15-7(11)14-8(16-9)12-5-3-4-10/h6H,3-5H2,1-2H3,(H2,12,13,14,15,16). The first-order valence-corrected chi connectivity index (χ1v) is 6.01. The molecule has 0 bridgehead atoms. The van der Waals surface area contributed by atoms with Crippen LogP contribution in [0.25, 0.3) is 0 Å². The van der Waals surface area contributed by atoms with E-state index in [1.54, 1.807) is 0 Å². The van der Waals surface area contributed by atoms with Crippen molar-refractivity contribution in [3.63, 3.8) is 0 Å². The largest absolute Gasteiger partial charge is 0.354 e. The van der Waals surface area contributed by atoms with Gasteiger partial charge in [0.1, 0.15) is 0 Å². The van der Waals surface area contributed by atoms with E-state index < -0.39 is 0 Å². The van der Waals surface area contributed by atoms with Crippen molar-refractivity contribution in [2.75, 3.05) is 23.1 Å². The summed E-state index contributed by atoms with van der Waals surface area (Å²) in [6.07, 6.45) is 0.845. The highest BCUT2D eigenvalue weighted by Gasteiger charge is 2.05. The van der Waals surface area contributed by atoms with Gasteiger partial charge in [-0.05, 0) is 31.9 Å². The van der Waals surface area contributed by atoms with Gasteiger partial charge in [-0.15, -0.1) is 11.6 Å². The molecule has 1 rings (SSSR count). The summed E-state index contributed by atoms with van der Waals surface area (Å²) < 4.78 is 0.